The van der Waals surface area contributed by atoms with Crippen LogP contribution in [0.2, 0.25) is 0 Å². The Balaban J connectivity index is 1.80. The Morgan fingerprint density at radius 3 is 2.45 bits per heavy atom. The van der Waals surface area contributed by atoms with Crippen LogP contribution in [0.1, 0.15) is 50.2 Å². The Kier molecular flexibility index (Phi) is 6.91. The van der Waals surface area contributed by atoms with Crippen molar-refractivity contribution in [1.82, 2.24) is 0 Å². The molecule has 0 saturated carbocycles. The molecule has 3 N–H and O–H groups in total. The van der Waals surface area contributed by atoms with E-state index in [1.807, 2.05) is 55.5 Å². The third kappa shape index (κ3) is 5.37. The fraction of sp³-hybridized carbons (Fsp3) is 0.417. The Labute approximate surface area is 173 Å². The Bertz CT molecular complexity index is 842. The van der Waals surface area contributed by atoms with E-state index in [4.69, 9.17) is 5.73 Å². The minimum absolute atomic E-state index is 0.0386. The van der Waals surface area contributed by atoms with Crippen molar-refractivity contribution >= 4 is 23.2 Å². The van der Waals surface area contributed by atoms with E-state index in [9.17, 15) is 9.59 Å². The molecule has 2 amide bonds. The van der Waals surface area contributed by atoms with Crippen molar-refractivity contribution in [2.24, 2.45) is 11.7 Å². The number of hydrogen-bond acceptors (Lipinski definition) is 3. The molecule has 0 radical (unpaired) electrons. The summed E-state index contributed by atoms with van der Waals surface area (Å²) in [6.07, 6.45) is 3.17. The van der Waals surface area contributed by atoms with Crippen molar-refractivity contribution in [2.75, 3.05) is 23.3 Å². The number of nitrogens with zero attached hydrogens (tertiary/aromatic N) is 1. The highest BCUT2D eigenvalue weighted by Crippen LogP contribution is 2.30. The van der Waals surface area contributed by atoms with Crippen LogP contribution in [0.3, 0.4) is 0 Å². The molecule has 1 atom stereocenters. The zero-order chi connectivity index (χ0) is 20.8. The zero-order valence-corrected chi connectivity index (χ0v) is 17.4. The van der Waals surface area contributed by atoms with Crippen molar-refractivity contribution in [3.8, 4) is 0 Å². The molecule has 1 fully saturated rings. The van der Waals surface area contributed by atoms with Crippen LogP contribution >= 0.6 is 0 Å². The van der Waals surface area contributed by atoms with Gasteiger partial charge in [0.05, 0.1) is 12.3 Å². The van der Waals surface area contributed by atoms with Crippen LogP contribution in [0.25, 0.3) is 0 Å². The number of anilines is 2. The highest BCUT2D eigenvalue weighted by molar-refractivity contribution is 5.96. The number of primary amides is 1. The number of piperidine rings is 1. The van der Waals surface area contributed by atoms with Crippen molar-refractivity contribution in [2.45, 2.75) is 45.4 Å². The molecule has 2 aromatic carbocycles. The maximum Gasteiger partial charge on any atom is 0.231 e. The number of nitrogens with one attached hydrogen (secondary N) is 1. The topological polar surface area (TPSA) is 75.4 Å². The smallest absolute Gasteiger partial charge is 0.231 e. The largest absolute Gasteiger partial charge is 0.371 e. The molecule has 1 heterocycles. The summed E-state index contributed by atoms with van der Waals surface area (Å²) in [5, 5.41) is 3.03. The fourth-order valence-electron chi connectivity index (χ4n) is 4.04. The first-order chi connectivity index (χ1) is 14.0. The third-order valence-corrected chi connectivity index (χ3v) is 5.76. The summed E-state index contributed by atoms with van der Waals surface area (Å²) in [7, 11) is 0. The molecule has 1 aliphatic rings. The summed E-state index contributed by atoms with van der Waals surface area (Å²) >= 11 is 0. The van der Waals surface area contributed by atoms with E-state index >= 15 is 0 Å². The van der Waals surface area contributed by atoms with Gasteiger partial charge in [0.2, 0.25) is 11.8 Å². The van der Waals surface area contributed by atoms with Gasteiger partial charge in [0, 0.05) is 24.5 Å². The van der Waals surface area contributed by atoms with Gasteiger partial charge in [-0.2, -0.15) is 0 Å². The second-order valence-electron chi connectivity index (χ2n) is 8.02. The van der Waals surface area contributed by atoms with Gasteiger partial charge in [0.1, 0.15) is 0 Å². The predicted molar refractivity (Wildman–Crippen MR) is 118 cm³/mol. The Hall–Kier alpha value is -2.82. The van der Waals surface area contributed by atoms with E-state index in [0.29, 0.717) is 12.1 Å². The van der Waals surface area contributed by atoms with Gasteiger partial charge in [0.25, 0.3) is 0 Å². The van der Waals surface area contributed by atoms with E-state index in [0.717, 1.165) is 48.7 Å². The predicted octanol–water partition coefficient (Wildman–Crippen LogP) is 4.08. The van der Waals surface area contributed by atoms with Gasteiger partial charge >= 0.3 is 0 Å². The van der Waals surface area contributed by atoms with E-state index in [-0.39, 0.29) is 24.2 Å². The van der Waals surface area contributed by atoms with Crippen LogP contribution in [-0.2, 0) is 16.0 Å². The molecule has 2 aromatic rings. The normalized spacial score (nSPS) is 15.7. The lowest BCUT2D eigenvalue weighted by Gasteiger charge is -2.33. The third-order valence-electron chi connectivity index (χ3n) is 5.76. The van der Waals surface area contributed by atoms with E-state index in [1.165, 1.54) is 0 Å². The molecule has 154 valence electrons. The number of nitrogens with two attached hydrogens (primary N) is 1. The first-order valence-electron chi connectivity index (χ1n) is 10.5. The van der Waals surface area contributed by atoms with Crippen LogP contribution in [-0.4, -0.2) is 24.9 Å². The second kappa shape index (κ2) is 9.59. The summed E-state index contributed by atoms with van der Waals surface area (Å²) in [5.41, 5.74) is 9.12. The van der Waals surface area contributed by atoms with Gasteiger partial charge in [-0.3, -0.25) is 9.59 Å². The molecule has 29 heavy (non-hydrogen) atoms. The van der Waals surface area contributed by atoms with Crippen molar-refractivity contribution in [3.63, 3.8) is 0 Å². The average molecular weight is 394 g/mol. The van der Waals surface area contributed by atoms with Gasteiger partial charge in [0.15, 0.2) is 0 Å². The van der Waals surface area contributed by atoms with E-state index < -0.39 is 0 Å². The molecule has 5 nitrogen and oxygen atoms in total. The van der Waals surface area contributed by atoms with Gasteiger partial charge < -0.3 is 16.0 Å². The van der Waals surface area contributed by atoms with Crippen LogP contribution in [0.5, 0.6) is 0 Å². The molecule has 1 saturated heterocycles. The minimum Gasteiger partial charge on any atom is -0.371 e. The number of rotatable bonds is 7. The highest BCUT2D eigenvalue weighted by atomic mass is 16.2. The lowest BCUT2D eigenvalue weighted by molar-refractivity contribution is -0.118. The number of hydrogen-bond donors (Lipinski definition) is 2. The standard InChI is InChI=1S/C24H31N3O2/c1-3-21(18-7-5-4-6-8-18)24(29)26-20-9-10-22(19(15-20)16-23(25)28)27-13-11-17(2)12-14-27/h4-10,15,17,21H,3,11-14,16H2,1-2H3,(H2,25,28)(H,26,29). The molecule has 5 heteroatoms. The minimum atomic E-state index is -0.365. The van der Waals surface area contributed by atoms with Crippen LogP contribution in [0, 0.1) is 5.92 Å². The zero-order valence-electron chi connectivity index (χ0n) is 17.4. The molecule has 0 aromatic heterocycles. The maximum atomic E-state index is 12.9. The van der Waals surface area contributed by atoms with Gasteiger partial charge in [-0.25, -0.2) is 0 Å². The average Bonchev–Trinajstić information content (AvgIpc) is 2.70. The van der Waals surface area contributed by atoms with Crippen LogP contribution in [0.15, 0.2) is 48.5 Å². The summed E-state index contributed by atoms with van der Waals surface area (Å²) in [6, 6.07) is 15.6. The number of carbonyl (C=O) groups excluding carboxylic acids is 2. The van der Waals surface area contributed by atoms with Gasteiger partial charge in [-0.15, -0.1) is 0 Å². The van der Waals surface area contributed by atoms with Gasteiger partial charge in [-0.05, 0) is 54.5 Å². The fourth-order valence-corrected chi connectivity index (χ4v) is 4.04. The van der Waals surface area contributed by atoms with Crippen molar-refractivity contribution < 1.29 is 9.59 Å². The molecule has 0 aliphatic carbocycles. The molecular weight excluding hydrogens is 362 g/mol. The SMILES string of the molecule is CCC(C(=O)Nc1ccc(N2CCC(C)CC2)c(CC(N)=O)c1)c1ccccc1. The van der Waals surface area contributed by atoms with Crippen LogP contribution in [0.4, 0.5) is 11.4 Å². The van der Waals surface area contributed by atoms with Crippen LogP contribution < -0.4 is 16.0 Å². The monoisotopic (exact) mass is 393 g/mol. The lowest BCUT2D eigenvalue weighted by atomic mass is 9.95. The second-order valence-corrected chi connectivity index (χ2v) is 8.02. The molecule has 0 spiro atoms. The summed E-state index contributed by atoms with van der Waals surface area (Å²) in [6.45, 7) is 6.24. The molecule has 3 rings (SSSR count). The Morgan fingerprint density at radius 1 is 1.14 bits per heavy atom. The summed E-state index contributed by atoms with van der Waals surface area (Å²) in [5.74, 6) is 0.117. The molecule has 1 unspecified atom stereocenters. The quantitative estimate of drug-likeness (QED) is 0.744. The van der Waals surface area contributed by atoms with Crippen molar-refractivity contribution in [3.05, 3.63) is 59.7 Å². The first-order valence-corrected chi connectivity index (χ1v) is 10.5. The van der Waals surface area contributed by atoms with Gasteiger partial charge in [-0.1, -0.05) is 44.2 Å². The number of carbonyl (C=O) groups is 2. The van der Waals surface area contributed by atoms with E-state index in [1.54, 1.807) is 0 Å². The molecule has 1 aliphatic heterocycles. The highest BCUT2D eigenvalue weighted by Gasteiger charge is 2.21. The molecular formula is C24H31N3O2. The summed E-state index contributed by atoms with van der Waals surface area (Å²) in [4.78, 5) is 26.9. The number of amides is 2. The first kappa shape index (κ1) is 20.9. The number of benzene rings is 2. The Morgan fingerprint density at radius 2 is 1.83 bits per heavy atom. The van der Waals surface area contributed by atoms with Crippen molar-refractivity contribution in [1.29, 1.82) is 0 Å². The maximum absolute atomic E-state index is 12.9. The lowest BCUT2D eigenvalue weighted by Crippen LogP contribution is -2.34. The molecule has 0 bridgehead atoms. The van der Waals surface area contributed by atoms with E-state index in [2.05, 4.69) is 17.1 Å². The summed E-state index contributed by atoms with van der Waals surface area (Å²) < 4.78 is 0.